The van der Waals surface area contributed by atoms with E-state index in [0.29, 0.717) is 8.92 Å². The third kappa shape index (κ3) is 1.89. The van der Waals surface area contributed by atoms with Gasteiger partial charge in [-0.15, -0.1) is 0 Å². The molecule has 8 heteroatoms. The molecule has 6 nitrogen and oxygen atoms in total. The highest BCUT2D eigenvalue weighted by Gasteiger charge is 2.14. The highest BCUT2D eigenvalue weighted by atomic mass is 32.1. The van der Waals surface area contributed by atoms with Crippen LogP contribution in [0.3, 0.4) is 0 Å². The summed E-state index contributed by atoms with van der Waals surface area (Å²) in [6.07, 6.45) is 1.34. The molecule has 0 aliphatic carbocycles. The summed E-state index contributed by atoms with van der Waals surface area (Å²) in [6, 6.07) is 0. The van der Waals surface area contributed by atoms with Crippen LogP contribution in [0, 0.1) is 3.95 Å². The molecular formula is C8H7N3O3S2. The number of nitrogens with one attached hydrogen (secondary N) is 1. The molecule has 2 aromatic heterocycles. The van der Waals surface area contributed by atoms with Crippen molar-refractivity contribution >= 4 is 34.5 Å². The molecule has 0 saturated heterocycles. The second-order valence-electron chi connectivity index (χ2n) is 2.83. The molecule has 0 radical (unpaired) electrons. The van der Waals surface area contributed by atoms with E-state index in [2.05, 4.69) is 10.1 Å². The van der Waals surface area contributed by atoms with Crippen LogP contribution in [0.1, 0.15) is 17.3 Å². The molecule has 0 aromatic carbocycles. The van der Waals surface area contributed by atoms with Crippen molar-refractivity contribution in [2.75, 3.05) is 6.61 Å². The van der Waals surface area contributed by atoms with Gasteiger partial charge in [0.05, 0.1) is 6.61 Å². The summed E-state index contributed by atoms with van der Waals surface area (Å²) in [5.74, 6) is -0.681. The maximum atomic E-state index is 11.5. The molecule has 0 unspecified atom stereocenters. The first-order valence-electron chi connectivity index (χ1n) is 4.41. The van der Waals surface area contributed by atoms with Gasteiger partial charge in [0.25, 0.3) is 5.56 Å². The fraction of sp³-hybridized carbons (Fsp3) is 0.250. The van der Waals surface area contributed by atoms with Crippen molar-refractivity contribution in [3.63, 3.8) is 0 Å². The fourth-order valence-corrected chi connectivity index (χ4v) is 2.10. The van der Waals surface area contributed by atoms with Crippen LogP contribution in [0.25, 0.3) is 4.96 Å². The number of hydrogen-bond acceptors (Lipinski definition) is 6. The zero-order chi connectivity index (χ0) is 11.7. The topological polar surface area (TPSA) is 76.5 Å². The van der Waals surface area contributed by atoms with E-state index in [4.69, 9.17) is 17.0 Å². The van der Waals surface area contributed by atoms with Gasteiger partial charge in [0.1, 0.15) is 5.56 Å². The molecule has 1 N–H and O–H groups in total. The molecule has 0 fully saturated rings. The van der Waals surface area contributed by atoms with Crippen LogP contribution < -0.4 is 5.56 Å². The Balaban J connectivity index is 2.62. The molecule has 2 aromatic rings. The van der Waals surface area contributed by atoms with Gasteiger partial charge in [-0.2, -0.15) is 4.98 Å². The Labute approximate surface area is 98.5 Å². The Morgan fingerprint density at radius 1 is 1.75 bits per heavy atom. The van der Waals surface area contributed by atoms with Crippen LogP contribution in [-0.2, 0) is 4.74 Å². The standard InChI is InChI=1S/C8H7N3O3S2/c1-2-14-6(13)4-3-11-7(9-5(4)12)16-8(15)10-11/h3H,2H2,1H3,(H,10,15). The summed E-state index contributed by atoms with van der Waals surface area (Å²) >= 11 is 6.06. The Morgan fingerprint density at radius 3 is 3.19 bits per heavy atom. The van der Waals surface area contributed by atoms with Crippen LogP contribution in [0.5, 0.6) is 0 Å². The minimum absolute atomic E-state index is 0.108. The van der Waals surface area contributed by atoms with Crippen molar-refractivity contribution in [3.8, 4) is 0 Å². The number of hydrogen-bond donors (Lipinski definition) is 1. The van der Waals surface area contributed by atoms with E-state index in [9.17, 15) is 9.59 Å². The maximum absolute atomic E-state index is 11.5. The van der Waals surface area contributed by atoms with E-state index < -0.39 is 11.5 Å². The van der Waals surface area contributed by atoms with Crippen LogP contribution in [0.4, 0.5) is 0 Å². The first-order valence-corrected chi connectivity index (χ1v) is 5.64. The molecule has 84 valence electrons. The van der Waals surface area contributed by atoms with E-state index in [1.165, 1.54) is 10.7 Å². The number of carbonyl (C=O) groups excluding carboxylic acids is 1. The first kappa shape index (κ1) is 11.0. The number of fused-ring (bicyclic) bond motifs is 1. The predicted molar refractivity (Wildman–Crippen MR) is 60.5 cm³/mol. The molecule has 0 atom stereocenters. The number of H-pyrrole nitrogens is 1. The minimum Gasteiger partial charge on any atom is -0.462 e. The largest absolute Gasteiger partial charge is 0.462 e. The average Bonchev–Trinajstić information content (AvgIpc) is 2.56. The van der Waals surface area contributed by atoms with Gasteiger partial charge < -0.3 is 4.74 Å². The molecule has 2 rings (SSSR count). The van der Waals surface area contributed by atoms with Gasteiger partial charge in [-0.25, -0.2) is 9.31 Å². The Bertz CT molecular complexity index is 654. The summed E-state index contributed by atoms with van der Waals surface area (Å²) in [7, 11) is 0. The predicted octanol–water partition coefficient (Wildman–Crippen LogP) is 0.990. The van der Waals surface area contributed by atoms with E-state index in [0.717, 1.165) is 11.3 Å². The number of ether oxygens (including phenoxy) is 1. The lowest BCUT2D eigenvalue weighted by atomic mass is 10.3. The number of rotatable bonds is 2. The first-order chi connectivity index (χ1) is 7.61. The normalized spacial score (nSPS) is 10.6. The summed E-state index contributed by atoms with van der Waals surface area (Å²) in [5, 5.41) is 2.76. The summed E-state index contributed by atoms with van der Waals surface area (Å²) in [4.78, 5) is 27.0. The maximum Gasteiger partial charge on any atom is 0.345 e. The molecule has 0 aliphatic rings. The zero-order valence-corrected chi connectivity index (χ0v) is 9.85. The second kappa shape index (κ2) is 4.14. The molecule has 0 saturated carbocycles. The number of carbonyl (C=O) groups is 1. The number of esters is 1. The van der Waals surface area contributed by atoms with E-state index in [1.54, 1.807) is 6.92 Å². The number of nitrogens with zero attached hydrogens (tertiary/aromatic N) is 2. The van der Waals surface area contributed by atoms with Gasteiger partial charge in [0.2, 0.25) is 4.96 Å². The Morgan fingerprint density at radius 2 is 2.50 bits per heavy atom. The smallest absolute Gasteiger partial charge is 0.345 e. The van der Waals surface area contributed by atoms with Crippen LogP contribution in [0.15, 0.2) is 11.0 Å². The lowest BCUT2D eigenvalue weighted by molar-refractivity contribution is 0.0523. The third-order valence-electron chi connectivity index (χ3n) is 1.78. The van der Waals surface area contributed by atoms with Gasteiger partial charge in [-0.3, -0.25) is 9.89 Å². The van der Waals surface area contributed by atoms with Crippen LogP contribution >= 0.6 is 23.6 Å². The third-order valence-corrected chi connectivity index (χ3v) is 2.87. The van der Waals surface area contributed by atoms with E-state index >= 15 is 0 Å². The molecule has 0 spiro atoms. The van der Waals surface area contributed by atoms with Gasteiger partial charge in [-0.05, 0) is 19.1 Å². The highest BCUT2D eigenvalue weighted by Crippen LogP contribution is 2.07. The van der Waals surface area contributed by atoms with Crippen molar-refractivity contribution in [3.05, 3.63) is 26.1 Å². The summed E-state index contributed by atoms with van der Waals surface area (Å²) < 4.78 is 6.65. The van der Waals surface area contributed by atoms with Gasteiger partial charge in [0.15, 0.2) is 3.95 Å². The van der Waals surface area contributed by atoms with Crippen molar-refractivity contribution in [2.45, 2.75) is 6.92 Å². The van der Waals surface area contributed by atoms with Crippen molar-refractivity contribution < 1.29 is 9.53 Å². The van der Waals surface area contributed by atoms with E-state index in [1.807, 2.05) is 0 Å². The van der Waals surface area contributed by atoms with Gasteiger partial charge in [-0.1, -0.05) is 11.3 Å². The number of aromatic amines is 1. The summed E-state index contributed by atoms with van der Waals surface area (Å²) in [6.45, 7) is 1.88. The molecule has 0 amide bonds. The summed E-state index contributed by atoms with van der Waals surface area (Å²) in [5.41, 5.74) is -0.716. The fourth-order valence-electron chi connectivity index (χ4n) is 1.15. The van der Waals surface area contributed by atoms with Crippen molar-refractivity contribution in [2.24, 2.45) is 0 Å². The molecular weight excluding hydrogens is 250 g/mol. The minimum atomic E-state index is -0.681. The highest BCUT2D eigenvalue weighted by molar-refractivity contribution is 7.73. The average molecular weight is 257 g/mol. The van der Waals surface area contributed by atoms with Gasteiger partial charge >= 0.3 is 5.97 Å². The van der Waals surface area contributed by atoms with Crippen molar-refractivity contribution in [1.29, 1.82) is 0 Å². The van der Waals surface area contributed by atoms with E-state index in [-0.39, 0.29) is 12.2 Å². The monoisotopic (exact) mass is 257 g/mol. The van der Waals surface area contributed by atoms with Gasteiger partial charge in [0, 0.05) is 6.20 Å². The molecule has 16 heavy (non-hydrogen) atoms. The molecule has 0 bridgehead atoms. The SMILES string of the molecule is CCOC(=O)c1cn2[nH]c(=S)sc2nc1=O. The Hall–Kier alpha value is -1.54. The second-order valence-corrected chi connectivity index (χ2v) is 4.48. The molecule has 0 aliphatic heterocycles. The van der Waals surface area contributed by atoms with Crippen molar-refractivity contribution in [1.82, 2.24) is 14.6 Å². The Kier molecular flexibility index (Phi) is 2.84. The lowest BCUT2D eigenvalue weighted by Crippen LogP contribution is -2.21. The van der Waals surface area contributed by atoms with Crippen LogP contribution in [-0.4, -0.2) is 27.2 Å². The lowest BCUT2D eigenvalue weighted by Gasteiger charge is -2.00. The quantitative estimate of drug-likeness (QED) is 0.641. The zero-order valence-electron chi connectivity index (χ0n) is 8.22. The molecule has 2 heterocycles. The van der Waals surface area contributed by atoms with Crippen LogP contribution in [0.2, 0.25) is 0 Å². The number of aromatic nitrogens is 3.